The van der Waals surface area contributed by atoms with Gasteiger partial charge in [-0.15, -0.1) is 0 Å². The molecule has 0 bridgehead atoms. The topological polar surface area (TPSA) is 82.1 Å². The average molecular weight is 482 g/mol. The number of carbonyl (C=O) groups is 3. The van der Waals surface area contributed by atoms with Crippen molar-refractivity contribution in [3.05, 3.63) is 56.9 Å². The van der Waals surface area contributed by atoms with Crippen LogP contribution in [0.25, 0.3) is 6.08 Å². The number of halogens is 2. The zero-order valence-electron chi connectivity index (χ0n) is 16.5. The molecule has 0 atom stereocenters. The number of esters is 1. The summed E-state index contributed by atoms with van der Waals surface area (Å²) in [5.74, 6) is -0.577. The van der Waals surface area contributed by atoms with Crippen LogP contribution >= 0.6 is 35.0 Å². The van der Waals surface area contributed by atoms with Crippen molar-refractivity contribution in [1.82, 2.24) is 0 Å². The number of carbonyl (C=O) groups excluding carboxylic acids is 3. The Labute approximate surface area is 192 Å². The van der Waals surface area contributed by atoms with E-state index < -0.39 is 17.1 Å². The molecule has 0 saturated carbocycles. The first-order valence-corrected chi connectivity index (χ1v) is 10.6. The number of rotatable bonds is 7. The Hall–Kier alpha value is -2.68. The Kier molecular flexibility index (Phi) is 7.48. The first kappa shape index (κ1) is 23.0. The molecular weight excluding hydrogens is 465 g/mol. The molecule has 0 unspecified atom stereocenters. The van der Waals surface area contributed by atoms with Gasteiger partial charge in [0, 0.05) is 5.02 Å². The summed E-state index contributed by atoms with van der Waals surface area (Å²) < 4.78 is 15.5. The van der Waals surface area contributed by atoms with Gasteiger partial charge in [-0.05, 0) is 60.7 Å². The number of ether oxygens (including phenoxy) is 3. The number of hydrogen-bond acceptors (Lipinski definition) is 7. The van der Waals surface area contributed by atoms with Crippen molar-refractivity contribution in [2.75, 3.05) is 25.2 Å². The van der Waals surface area contributed by atoms with Gasteiger partial charge >= 0.3 is 5.97 Å². The highest BCUT2D eigenvalue weighted by atomic mass is 35.5. The molecule has 1 aliphatic heterocycles. The lowest BCUT2D eigenvalue weighted by Crippen LogP contribution is -2.27. The van der Waals surface area contributed by atoms with Crippen LogP contribution in [0.5, 0.6) is 11.5 Å². The monoisotopic (exact) mass is 481 g/mol. The van der Waals surface area contributed by atoms with Gasteiger partial charge in [-0.2, -0.15) is 0 Å². The summed E-state index contributed by atoms with van der Waals surface area (Å²) in [7, 11) is 1.25. The summed E-state index contributed by atoms with van der Waals surface area (Å²) in [4.78, 5) is 37.9. The molecule has 2 aromatic carbocycles. The van der Waals surface area contributed by atoms with E-state index in [0.717, 1.165) is 16.7 Å². The summed E-state index contributed by atoms with van der Waals surface area (Å²) in [5, 5.41) is 0.152. The van der Waals surface area contributed by atoms with E-state index in [1.807, 2.05) is 0 Å². The summed E-state index contributed by atoms with van der Waals surface area (Å²) >= 11 is 13.1. The van der Waals surface area contributed by atoms with Crippen LogP contribution in [-0.4, -0.2) is 37.4 Å². The maximum atomic E-state index is 12.8. The minimum absolute atomic E-state index is 0.176. The van der Waals surface area contributed by atoms with E-state index in [9.17, 15) is 14.4 Å². The number of amides is 2. The van der Waals surface area contributed by atoms with Crippen LogP contribution in [-0.2, 0) is 14.3 Å². The molecule has 1 fully saturated rings. The third kappa shape index (κ3) is 5.33. The van der Waals surface area contributed by atoms with E-state index in [2.05, 4.69) is 4.74 Å². The largest absolute Gasteiger partial charge is 0.490 e. The molecule has 0 aromatic heterocycles. The number of methoxy groups -OCH3 is 1. The fourth-order valence-corrected chi connectivity index (χ4v) is 4.02. The first-order chi connectivity index (χ1) is 14.8. The van der Waals surface area contributed by atoms with Crippen LogP contribution in [0.4, 0.5) is 10.5 Å². The lowest BCUT2D eigenvalue weighted by Gasteiger charge is -2.14. The van der Waals surface area contributed by atoms with E-state index in [4.69, 9.17) is 32.7 Å². The van der Waals surface area contributed by atoms with Crippen LogP contribution in [0.1, 0.15) is 12.5 Å². The fourth-order valence-electron chi connectivity index (χ4n) is 2.72. The SMILES string of the molecule is CCOc1cc(/C=C2/SC(=O)N(c3cccc(Cl)c3)C2=O)cc(Cl)c1OCC(=O)OC. The summed E-state index contributed by atoms with van der Waals surface area (Å²) in [6, 6.07) is 9.63. The van der Waals surface area contributed by atoms with Gasteiger partial charge in [-0.25, -0.2) is 9.69 Å². The fraction of sp³-hybridized carbons (Fsp3) is 0.190. The number of benzene rings is 2. The van der Waals surface area contributed by atoms with Gasteiger partial charge in [0.15, 0.2) is 18.1 Å². The quantitative estimate of drug-likeness (QED) is 0.397. The molecule has 1 heterocycles. The molecule has 7 nitrogen and oxygen atoms in total. The van der Waals surface area contributed by atoms with Crippen molar-refractivity contribution in [2.45, 2.75) is 6.92 Å². The molecule has 1 saturated heterocycles. The Morgan fingerprint density at radius 2 is 1.94 bits per heavy atom. The number of nitrogens with zero attached hydrogens (tertiary/aromatic N) is 1. The maximum absolute atomic E-state index is 12.8. The summed E-state index contributed by atoms with van der Waals surface area (Å²) in [5.41, 5.74) is 0.911. The van der Waals surface area contributed by atoms with Gasteiger partial charge in [0.2, 0.25) is 0 Å². The molecule has 2 amide bonds. The van der Waals surface area contributed by atoms with Crippen LogP contribution < -0.4 is 14.4 Å². The Bertz CT molecular complexity index is 1070. The van der Waals surface area contributed by atoms with Gasteiger partial charge in [0.1, 0.15) is 0 Å². The van der Waals surface area contributed by atoms with Crippen molar-refractivity contribution in [3.8, 4) is 11.5 Å². The molecule has 2 aromatic rings. The van der Waals surface area contributed by atoms with Crippen molar-refractivity contribution >= 4 is 63.8 Å². The third-order valence-corrected chi connectivity index (χ3v) is 5.44. The normalized spacial score (nSPS) is 14.8. The minimum Gasteiger partial charge on any atom is -0.490 e. The Morgan fingerprint density at radius 3 is 2.61 bits per heavy atom. The van der Waals surface area contributed by atoms with E-state index in [0.29, 0.717) is 28.6 Å². The summed E-state index contributed by atoms with van der Waals surface area (Å²) in [6.45, 7) is 1.76. The standard InChI is InChI=1S/C21H17Cl2NO6S/c1-3-29-16-8-12(7-15(23)19(16)30-11-18(25)28-2)9-17-20(26)24(21(27)31-17)14-6-4-5-13(22)10-14/h4-10H,3,11H2,1-2H3/b17-9+. The van der Waals surface area contributed by atoms with Gasteiger partial charge < -0.3 is 14.2 Å². The van der Waals surface area contributed by atoms with Gasteiger partial charge in [-0.1, -0.05) is 29.3 Å². The molecule has 1 aliphatic rings. The average Bonchev–Trinajstić information content (AvgIpc) is 3.00. The molecule has 0 N–H and O–H groups in total. The van der Waals surface area contributed by atoms with Crippen LogP contribution in [0.3, 0.4) is 0 Å². The second-order valence-electron chi connectivity index (χ2n) is 6.12. The first-order valence-electron chi connectivity index (χ1n) is 9.03. The number of imide groups is 1. The van der Waals surface area contributed by atoms with Crippen molar-refractivity contribution in [2.24, 2.45) is 0 Å². The van der Waals surface area contributed by atoms with E-state index >= 15 is 0 Å². The van der Waals surface area contributed by atoms with Gasteiger partial charge in [-0.3, -0.25) is 9.59 Å². The lowest BCUT2D eigenvalue weighted by atomic mass is 10.1. The second-order valence-corrected chi connectivity index (χ2v) is 7.96. The van der Waals surface area contributed by atoms with E-state index in [1.54, 1.807) is 43.3 Å². The molecule has 0 radical (unpaired) electrons. The summed E-state index contributed by atoms with van der Waals surface area (Å²) in [6.07, 6.45) is 1.54. The predicted octanol–water partition coefficient (Wildman–Crippen LogP) is 5.18. The molecule has 162 valence electrons. The van der Waals surface area contributed by atoms with Crippen molar-refractivity contribution < 1.29 is 28.6 Å². The van der Waals surface area contributed by atoms with Crippen LogP contribution in [0.2, 0.25) is 10.0 Å². The number of anilines is 1. The maximum Gasteiger partial charge on any atom is 0.343 e. The zero-order valence-corrected chi connectivity index (χ0v) is 18.8. The lowest BCUT2D eigenvalue weighted by molar-refractivity contribution is -0.142. The van der Waals surface area contributed by atoms with E-state index in [1.165, 1.54) is 13.2 Å². The molecule has 0 spiro atoms. The second kappa shape index (κ2) is 10.1. The predicted molar refractivity (Wildman–Crippen MR) is 120 cm³/mol. The Balaban J connectivity index is 1.91. The molecule has 0 aliphatic carbocycles. The highest BCUT2D eigenvalue weighted by Crippen LogP contribution is 2.40. The third-order valence-electron chi connectivity index (χ3n) is 4.05. The Morgan fingerprint density at radius 1 is 1.16 bits per heavy atom. The highest BCUT2D eigenvalue weighted by Gasteiger charge is 2.36. The van der Waals surface area contributed by atoms with Gasteiger partial charge in [0.05, 0.1) is 29.3 Å². The van der Waals surface area contributed by atoms with Gasteiger partial charge in [0.25, 0.3) is 11.1 Å². The molecule has 3 rings (SSSR count). The van der Waals surface area contributed by atoms with Crippen molar-refractivity contribution in [1.29, 1.82) is 0 Å². The molecule has 10 heteroatoms. The van der Waals surface area contributed by atoms with Crippen molar-refractivity contribution in [3.63, 3.8) is 0 Å². The highest BCUT2D eigenvalue weighted by molar-refractivity contribution is 8.19. The zero-order chi connectivity index (χ0) is 22.5. The number of hydrogen-bond donors (Lipinski definition) is 0. The smallest absolute Gasteiger partial charge is 0.343 e. The van der Waals surface area contributed by atoms with E-state index in [-0.39, 0.29) is 22.3 Å². The minimum atomic E-state index is -0.572. The van der Waals surface area contributed by atoms with Crippen LogP contribution in [0.15, 0.2) is 41.3 Å². The number of thioether (sulfide) groups is 1. The van der Waals surface area contributed by atoms with Crippen LogP contribution in [0, 0.1) is 0 Å². The molecule has 31 heavy (non-hydrogen) atoms. The molecular formula is C21H17Cl2NO6S.